The third-order valence-corrected chi connectivity index (χ3v) is 5.37. The number of carbonyl (C=O) groups excluding carboxylic acids is 2. The van der Waals surface area contributed by atoms with Crippen molar-refractivity contribution in [2.24, 2.45) is 7.05 Å². The van der Waals surface area contributed by atoms with E-state index in [1.807, 2.05) is 43.3 Å². The standard InChI is InChI=1S/C26H29N3O6/c1-6-10-19-13-14-21(22(15-19)33-5)34-16-23(30)35-18(3)25(31)27-24-17(2)28(4)29(26(24)32)20-11-8-7-9-12-20/h6-15,18H,16H2,1-5H3,(H,27,31)/b10-6+. The number of nitrogens with zero attached hydrogens (tertiary/aromatic N) is 2. The van der Waals surface area contributed by atoms with E-state index in [-0.39, 0.29) is 11.2 Å². The normalized spacial score (nSPS) is 11.8. The number of hydrogen-bond donors (Lipinski definition) is 1. The van der Waals surface area contributed by atoms with E-state index in [1.54, 1.807) is 42.9 Å². The predicted octanol–water partition coefficient (Wildman–Crippen LogP) is 3.48. The number of rotatable bonds is 9. The second-order valence-electron chi connectivity index (χ2n) is 7.76. The lowest BCUT2D eigenvalue weighted by molar-refractivity contribution is -0.155. The Morgan fingerprint density at radius 3 is 2.49 bits per heavy atom. The van der Waals surface area contributed by atoms with Gasteiger partial charge in [0.2, 0.25) is 0 Å². The molecular weight excluding hydrogens is 450 g/mol. The fraction of sp³-hybridized carbons (Fsp3) is 0.269. The molecular formula is C26H29N3O6. The van der Waals surface area contributed by atoms with Gasteiger partial charge in [-0.1, -0.05) is 36.4 Å². The van der Waals surface area contributed by atoms with Gasteiger partial charge in [0, 0.05) is 7.05 Å². The van der Waals surface area contributed by atoms with Crippen molar-refractivity contribution in [3.05, 3.63) is 76.2 Å². The predicted molar refractivity (Wildman–Crippen MR) is 133 cm³/mol. The first-order valence-corrected chi connectivity index (χ1v) is 11.0. The summed E-state index contributed by atoms with van der Waals surface area (Å²) in [6, 6.07) is 14.4. The van der Waals surface area contributed by atoms with Gasteiger partial charge in [0.1, 0.15) is 5.69 Å². The Morgan fingerprint density at radius 1 is 1.11 bits per heavy atom. The Balaban J connectivity index is 1.63. The molecule has 0 aliphatic carbocycles. The van der Waals surface area contributed by atoms with Crippen LogP contribution < -0.4 is 20.3 Å². The summed E-state index contributed by atoms with van der Waals surface area (Å²) in [6.45, 7) is 4.63. The second-order valence-corrected chi connectivity index (χ2v) is 7.76. The van der Waals surface area contributed by atoms with Gasteiger partial charge < -0.3 is 19.5 Å². The molecule has 0 saturated carbocycles. The monoisotopic (exact) mass is 479 g/mol. The van der Waals surface area contributed by atoms with Crippen LogP contribution in [-0.4, -0.2) is 41.1 Å². The Hall–Kier alpha value is -4.27. The van der Waals surface area contributed by atoms with E-state index in [1.165, 1.54) is 18.7 Å². The van der Waals surface area contributed by atoms with E-state index in [2.05, 4.69) is 5.32 Å². The Kier molecular flexibility index (Phi) is 8.14. The van der Waals surface area contributed by atoms with Crippen molar-refractivity contribution in [1.82, 2.24) is 9.36 Å². The molecule has 1 unspecified atom stereocenters. The number of carbonyl (C=O) groups is 2. The van der Waals surface area contributed by atoms with Crippen LogP contribution in [0.3, 0.4) is 0 Å². The number of methoxy groups -OCH3 is 1. The molecule has 0 fully saturated rings. The zero-order valence-corrected chi connectivity index (χ0v) is 20.4. The highest BCUT2D eigenvalue weighted by Gasteiger charge is 2.23. The smallest absolute Gasteiger partial charge is 0.344 e. The van der Waals surface area contributed by atoms with Gasteiger partial charge in [-0.3, -0.25) is 14.3 Å². The first kappa shape index (κ1) is 25.4. The SMILES string of the molecule is C/C=C/c1ccc(OCC(=O)OC(C)C(=O)Nc2c(C)n(C)n(-c3ccccc3)c2=O)c(OC)c1. The first-order chi connectivity index (χ1) is 16.8. The van der Waals surface area contributed by atoms with Crippen LogP contribution in [0.5, 0.6) is 11.5 Å². The van der Waals surface area contributed by atoms with E-state index < -0.39 is 24.6 Å². The number of aromatic nitrogens is 2. The van der Waals surface area contributed by atoms with E-state index >= 15 is 0 Å². The average Bonchev–Trinajstić information content (AvgIpc) is 3.06. The van der Waals surface area contributed by atoms with Crippen molar-refractivity contribution in [2.45, 2.75) is 26.9 Å². The van der Waals surface area contributed by atoms with Gasteiger partial charge in [0.15, 0.2) is 24.2 Å². The third kappa shape index (κ3) is 5.81. The number of para-hydroxylation sites is 1. The summed E-state index contributed by atoms with van der Waals surface area (Å²) < 4.78 is 19.1. The number of nitrogens with one attached hydrogen (secondary N) is 1. The second kappa shape index (κ2) is 11.2. The molecule has 1 heterocycles. The zero-order chi connectivity index (χ0) is 25.5. The van der Waals surface area contributed by atoms with Crippen LogP contribution in [0.4, 0.5) is 5.69 Å². The molecule has 9 heteroatoms. The Bertz CT molecular complexity index is 1290. The number of amides is 1. The molecule has 1 atom stereocenters. The topological polar surface area (TPSA) is 101 Å². The average molecular weight is 480 g/mol. The van der Waals surface area contributed by atoms with Gasteiger partial charge in [-0.05, 0) is 50.6 Å². The molecule has 9 nitrogen and oxygen atoms in total. The minimum atomic E-state index is -1.14. The molecule has 0 bridgehead atoms. The van der Waals surface area contributed by atoms with Crippen molar-refractivity contribution in [2.75, 3.05) is 19.0 Å². The van der Waals surface area contributed by atoms with Crippen molar-refractivity contribution in [3.63, 3.8) is 0 Å². The fourth-order valence-electron chi connectivity index (χ4n) is 3.46. The molecule has 0 spiro atoms. The lowest BCUT2D eigenvalue weighted by atomic mass is 10.2. The van der Waals surface area contributed by atoms with E-state index in [0.29, 0.717) is 22.9 Å². The van der Waals surface area contributed by atoms with Crippen molar-refractivity contribution in [1.29, 1.82) is 0 Å². The maximum absolute atomic E-state index is 13.0. The first-order valence-electron chi connectivity index (χ1n) is 11.0. The van der Waals surface area contributed by atoms with Crippen LogP contribution in [0.25, 0.3) is 11.8 Å². The highest BCUT2D eigenvalue weighted by molar-refractivity contribution is 5.95. The Labute approximate surface area is 203 Å². The lowest BCUT2D eigenvalue weighted by Gasteiger charge is -2.14. The minimum Gasteiger partial charge on any atom is -0.493 e. The van der Waals surface area contributed by atoms with Crippen LogP contribution in [0.1, 0.15) is 25.1 Å². The number of benzene rings is 2. The molecule has 3 rings (SSSR count). The highest BCUT2D eigenvalue weighted by atomic mass is 16.6. The van der Waals surface area contributed by atoms with Gasteiger partial charge >= 0.3 is 5.97 Å². The van der Waals surface area contributed by atoms with E-state index in [4.69, 9.17) is 14.2 Å². The largest absolute Gasteiger partial charge is 0.493 e. The van der Waals surface area contributed by atoms with Crippen LogP contribution >= 0.6 is 0 Å². The van der Waals surface area contributed by atoms with Crippen LogP contribution in [0, 0.1) is 6.92 Å². The van der Waals surface area contributed by atoms with Crippen LogP contribution in [0.2, 0.25) is 0 Å². The summed E-state index contributed by atoms with van der Waals surface area (Å²) in [4.78, 5) is 37.9. The summed E-state index contributed by atoms with van der Waals surface area (Å²) in [5.74, 6) is -0.527. The van der Waals surface area contributed by atoms with Crippen LogP contribution in [0.15, 0.2) is 59.4 Å². The number of anilines is 1. The van der Waals surface area contributed by atoms with E-state index in [9.17, 15) is 14.4 Å². The maximum Gasteiger partial charge on any atom is 0.344 e. The molecule has 0 radical (unpaired) electrons. The summed E-state index contributed by atoms with van der Waals surface area (Å²) in [5.41, 5.74) is 1.87. The number of esters is 1. The van der Waals surface area contributed by atoms with Crippen LogP contribution in [-0.2, 0) is 21.4 Å². The van der Waals surface area contributed by atoms with Gasteiger partial charge in [0.05, 0.1) is 18.5 Å². The van der Waals surface area contributed by atoms with Crippen molar-refractivity contribution >= 4 is 23.6 Å². The molecule has 1 N–H and O–H groups in total. The molecule has 3 aromatic rings. The summed E-state index contributed by atoms with van der Waals surface area (Å²) in [7, 11) is 3.23. The quantitative estimate of drug-likeness (QED) is 0.472. The zero-order valence-electron chi connectivity index (χ0n) is 20.4. The van der Waals surface area contributed by atoms with Gasteiger partial charge in [-0.2, -0.15) is 0 Å². The summed E-state index contributed by atoms with van der Waals surface area (Å²) in [6.07, 6.45) is 2.66. The summed E-state index contributed by atoms with van der Waals surface area (Å²) >= 11 is 0. The number of allylic oxidation sites excluding steroid dienone is 1. The van der Waals surface area contributed by atoms with E-state index in [0.717, 1.165) is 5.56 Å². The summed E-state index contributed by atoms with van der Waals surface area (Å²) in [5, 5.41) is 2.59. The van der Waals surface area contributed by atoms with Gasteiger partial charge in [0.25, 0.3) is 11.5 Å². The molecule has 0 saturated heterocycles. The molecule has 0 aliphatic heterocycles. The minimum absolute atomic E-state index is 0.117. The lowest BCUT2D eigenvalue weighted by Crippen LogP contribution is -2.33. The number of ether oxygens (including phenoxy) is 3. The van der Waals surface area contributed by atoms with Gasteiger partial charge in [-0.15, -0.1) is 0 Å². The fourth-order valence-corrected chi connectivity index (χ4v) is 3.46. The Morgan fingerprint density at radius 2 is 1.83 bits per heavy atom. The molecule has 184 valence electrons. The molecule has 2 aromatic carbocycles. The molecule has 1 amide bonds. The molecule has 35 heavy (non-hydrogen) atoms. The number of hydrogen-bond acceptors (Lipinski definition) is 6. The molecule has 1 aromatic heterocycles. The van der Waals surface area contributed by atoms with Crippen molar-refractivity contribution in [3.8, 4) is 17.2 Å². The van der Waals surface area contributed by atoms with Gasteiger partial charge in [-0.25, -0.2) is 9.48 Å². The highest BCUT2D eigenvalue weighted by Crippen LogP contribution is 2.28. The van der Waals surface area contributed by atoms with Crippen molar-refractivity contribution < 1.29 is 23.8 Å². The third-order valence-electron chi connectivity index (χ3n) is 5.37. The molecule has 0 aliphatic rings. The maximum atomic E-state index is 13.0.